The number of halogens is 1. The molecule has 2 aromatic carbocycles. The van der Waals surface area contributed by atoms with E-state index in [-0.39, 0.29) is 0 Å². The first-order valence-corrected chi connectivity index (χ1v) is 7.97. The van der Waals surface area contributed by atoms with Crippen LogP contribution < -0.4 is 10.1 Å². The first-order valence-electron chi connectivity index (χ1n) is 7.18. The number of rotatable bonds is 6. The van der Waals surface area contributed by atoms with E-state index in [0.717, 1.165) is 23.2 Å². The van der Waals surface area contributed by atoms with E-state index in [1.165, 1.54) is 16.7 Å². The highest BCUT2D eigenvalue weighted by Gasteiger charge is 2.16. The molecule has 0 amide bonds. The maximum absolute atomic E-state index is 5.50. The van der Waals surface area contributed by atoms with Crippen molar-refractivity contribution in [3.05, 3.63) is 63.6 Å². The van der Waals surface area contributed by atoms with Crippen LogP contribution in [-0.2, 0) is 6.42 Å². The summed E-state index contributed by atoms with van der Waals surface area (Å²) >= 11 is 3.55. The van der Waals surface area contributed by atoms with E-state index in [0.29, 0.717) is 5.92 Å². The standard InChI is InChI=1S/C18H22BrNO/c1-13-6-4-5-7-17(13)15(12-20-2)10-14-11-16(19)8-9-18(14)21-3/h4-9,11,15,20H,10,12H2,1-3H3. The molecule has 0 fully saturated rings. The Hall–Kier alpha value is -1.32. The van der Waals surface area contributed by atoms with E-state index in [4.69, 9.17) is 4.74 Å². The van der Waals surface area contributed by atoms with Gasteiger partial charge in [-0.2, -0.15) is 0 Å². The number of aryl methyl sites for hydroxylation is 1. The first-order chi connectivity index (χ1) is 10.2. The number of hydrogen-bond donors (Lipinski definition) is 1. The lowest BCUT2D eigenvalue weighted by Crippen LogP contribution is -2.20. The third-order valence-electron chi connectivity index (χ3n) is 3.79. The highest BCUT2D eigenvalue weighted by atomic mass is 79.9. The van der Waals surface area contributed by atoms with Gasteiger partial charge in [0.15, 0.2) is 0 Å². The van der Waals surface area contributed by atoms with Gasteiger partial charge in [0.2, 0.25) is 0 Å². The third-order valence-corrected chi connectivity index (χ3v) is 4.28. The molecule has 0 aliphatic carbocycles. The molecule has 0 radical (unpaired) electrons. The van der Waals surface area contributed by atoms with Gasteiger partial charge in [-0.15, -0.1) is 0 Å². The fourth-order valence-electron chi connectivity index (χ4n) is 2.76. The summed E-state index contributed by atoms with van der Waals surface area (Å²) in [5, 5.41) is 3.31. The largest absolute Gasteiger partial charge is 0.496 e. The normalized spacial score (nSPS) is 12.2. The molecule has 2 rings (SSSR count). The number of likely N-dealkylation sites (N-methyl/N-ethyl adjacent to an activating group) is 1. The van der Waals surface area contributed by atoms with Gasteiger partial charge in [-0.05, 0) is 55.3 Å². The van der Waals surface area contributed by atoms with Crippen LogP contribution in [0.2, 0.25) is 0 Å². The zero-order valence-electron chi connectivity index (χ0n) is 12.8. The van der Waals surface area contributed by atoms with Gasteiger partial charge in [0, 0.05) is 16.9 Å². The van der Waals surface area contributed by atoms with Crippen LogP contribution in [-0.4, -0.2) is 20.7 Å². The van der Waals surface area contributed by atoms with Crippen LogP contribution in [0.4, 0.5) is 0 Å². The lowest BCUT2D eigenvalue weighted by molar-refractivity contribution is 0.407. The van der Waals surface area contributed by atoms with Gasteiger partial charge >= 0.3 is 0 Å². The van der Waals surface area contributed by atoms with Crippen LogP contribution in [0.15, 0.2) is 46.9 Å². The minimum absolute atomic E-state index is 0.430. The quantitative estimate of drug-likeness (QED) is 0.840. The van der Waals surface area contributed by atoms with Crippen molar-refractivity contribution in [2.45, 2.75) is 19.3 Å². The van der Waals surface area contributed by atoms with Crippen LogP contribution in [0.1, 0.15) is 22.6 Å². The second-order valence-electron chi connectivity index (χ2n) is 5.27. The summed E-state index contributed by atoms with van der Waals surface area (Å²) < 4.78 is 6.59. The summed E-state index contributed by atoms with van der Waals surface area (Å²) in [6, 6.07) is 14.8. The Balaban J connectivity index is 2.33. The van der Waals surface area contributed by atoms with Crippen molar-refractivity contribution in [2.75, 3.05) is 20.7 Å². The van der Waals surface area contributed by atoms with Crippen LogP contribution in [0, 0.1) is 6.92 Å². The van der Waals surface area contributed by atoms with Crippen molar-refractivity contribution in [1.82, 2.24) is 5.32 Å². The molecule has 0 saturated carbocycles. The predicted molar refractivity (Wildman–Crippen MR) is 92.2 cm³/mol. The Bertz CT molecular complexity index is 598. The van der Waals surface area contributed by atoms with Gasteiger partial charge in [0.25, 0.3) is 0 Å². The zero-order valence-corrected chi connectivity index (χ0v) is 14.4. The molecule has 0 aliphatic heterocycles. The van der Waals surface area contributed by atoms with E-state index < -0.39 is 0 Å². The summed E-state index contributed by atoms with van der Waals surface area (Å²) in [5.41, 5.74) is 3.97. The first kappa shape index (κ1) is 16.1. The van der Waals surface area contributed by atoms with E-state index >= 15 is 0 Å². The zero-order chi connectivity index (χ0) is 15.2. The lowest BCUT2D eigenvalue weighted by atomic mass is 9.89. The summed E-state index contributed by atoms with van der Waals surface area (Å²) in [7, 11) is 3.73. The maximum atomic E-state index is 5.50. The molecule has 1 unspecified atom stereocenters. The highest BCUT2D eigenvalue weighted by molar-refractivity contribution is 9.10. The third kappa shape index (κ3) is 4.08. The van der Waals surface area contributed by atoms with E-state index in [2.05, 4.69) is 58.5 Å². The lowest BCUT2D eigenvalue weighted by Gasteiger charge is -2.20. The van der Waals surface area contributed by atoms with E-state index in [1.807, 2.05) is 19.2 Å². The minimum Gasteiger partial charge on any atom is -0.496 e. The smallest absolute Gasteiger partial charge is 0.122 e. The van der Waals surface area contributed by atoms with Crippen molar-refractivity contribution < 1.29 is 4.74 Å². The molecular weight excluding hydrogens is 326 g/mol. The van der Waals surface area contributed by atoms with Crippen molar-refractivity contribution in [1.29, 1.82) is 0 Å². The Morgan fingerprint density at radius 1 is 1.19 bits per heavy atom. The molecule has 3 heteroatoms. The molecule has 112 valence electrons. The van der Waals surface area contributed by atoms with Crippen molar-refractivity contribution in [3.8, 4) is 5.75 Å². The molecule has 1 N–H and O–H groups in total. The summed E-state index contributed by atoms with van der Waals surface area (Å²) in [6.07, 6.45) is 0.953. The predicted octanol–water partition coefficient (Wildman–Crippen LogP) is 4.31. The fourth-order valence-corrected chi connectivity index (χ4v) is 3.16. The maximum Gasteiger partial charge on any atom is 0.122 e. The summed E-state index contributed by atoms with van der Waals surface area (Å²) in [4.78, 5) is 0. The Kier molecular flexibility index (Phi) is 5.83. The molecular formula is C18H22BrNO. The van der Waals surface area contributed by atoms with E-state index in [1.54, 1.807) is 7.11 Å². The van der Waals surface area contributed by atoms with Gasteiger partial charge in [0.05, 0.1) is 7.11 Å². The molecule has 2 nitrogen and oxygen atoms in total. The molecule has 21 heavy (non-hydrogen) atoms. The number of methoxy groups -OCH3 is 1. The number of ether oxygens (including phenoxy) is 1. The average molecular weight is 348 g/mol. The van der Waals surface area contributed by atoms with Crippen molar-refractivity contribution >= 4 is 15.9 Å². The SMILES string of the molecule is CNCC(Cc1cc(Br)ccc1OC)c1ccccc1C. The van der Waals surface area contributed by atoms with Gasteiger partial charge < -0.3 is 10.1 Å². The monoisotopic (exact) mass is 347 g/mol. The minimum atomic E-state index is 0.430. The molecule has 0 aromatic heterocycles. The average Bonchev–Trinajstić information content (AvgIpc) is 2.48. The molecule has 0 bridgehead atoms. The highest BCUT2D eigenvalue weighted by Crippen LogP contribution is 2.30. The molecule has 0 spiro atoms. The van der Waals surface area contributed by atoms with E-state index in [9.17, 15) is 0 Å². The number of hydrogen-bond acceptors (Lipinski definition) is 2. The van der Waals surface area contributed by atoms with Crippen LogP contribution in [0.3, 0.4) is 0 Å². The van der Waals surface area contributed by atoms with Gasteiger partial charge in [-0.25, -0.2) is 0 Å². The van der Waals surface area contributed by atoms with Gasteiger partial charge in [-0.1, -0.05) is 40.2 Å². The molecule has 2 aromatic rings. The second-order valence-corrected chi connectivity index (χ2v) is 6.19. The molecule has 0 aliphatic rings. The van der Waals surface area contributed by atoms with Crippen LogP contribution in [0.5, 0.6) is 5.75 Å². The molecule has 0 saturated heterocycles. The molecule has 0 heterocycles. The fraction of sp³-hybridized carbons (Fsp3) is 0.333. The van der Waals surface area contributed by atoms with Gasteiger partial charge in [-0.3, -0.25) is 0 Å². The van der Waals surface area contributed by atoms with Gasteiger partial charge in [0.1, 0.15) is 5.75 Å². The van der Waals surface area contributed by atoms with Crippen LogP contribution >= 0.6 is 15.9 Å². The topological polar surface area (TPSA) is 21.3 Å². The molecule has 1 atom stereocenters. The summed E-state index contributed by atoms with van der Waals surface area (Å²) in [5.74, 6) is 1.38. The Labute approximate surface area is 135 Å². The van der Waals surface area contributed by atoms with Crippen LogP contribution in [0.25, 0.3) is 0 Å². The van der Waals surface area contributed by atoms with Crippen molar-refractivity contribution in [3.63, 3.8) is 0 Å². The summed E-state index contributed by atoms with van der Waals surface area (Å²) in [6.45, 7) is 3.12. The number of nitrogens with one attached hydrogen (secondary N) is 1. The van der Waals surface area contributed by atoms with Crippen molar-refractivity contribution in [2.24, 2.45) is 0 Å². The Morgan fingerprint density at radius 3 is 2.62 bits per heavy atom. The Morgan fingerprint density at radius 2 is 1.95 bits per heavy atom. The second kappa shape index (κ2) is 7.62. The number of benzene rings is 2.